The highest BCUT2D eigenvalue weighted by Gasteiger charge is 2.34. The van der Waals surface area contributed by atoms with Crippen LogP contribution in [0.1, 0.15) is 48.3 Å². The third-order valence-corrected chi connectivity index (χ3v) is 5.42. The Morgan fingerprint density at radius 3 is 2.55 bits per heavy atom. The van der Waals surface area contributed by atoms with E-state index in [1.165, 1.54) is 46.8 Å². The molecule has 1 atom stereocenters. The smallest absolute Gasteiger partial charge is 0.408 e. The summed E-state index contributed by atoms with van der Waals surface area (Å²) in [7, 11) is 0. The molecule has 2 aromatic rings. The van der Waals surface area contributed by atoms with Crippen molar-refractivity contribution in [2.75, 3.05) is 5.75 Å². The Bertz CT molecular complexity index is 1010. The van der Waals surface area contributed by atoms with Gasteiger partial charge in [-0.2, -0.15) is 0 Å². The van der Waals surface area contributed by atoms with Crippen LogP contribution in [-0.2, 0) is 11.3 Å². The van der Waals surface area contributed by atoms with Gasteiger partial charge >= 0.3 is 12.1 Å². The second-order valence-electron chi connectivity index (χ2n) is 7.66. The normalized spacial score (nSPS) is 15.7. The zero-order valence-corrected chi connectivity index (χ0v) is 17.0. The summed E-state index contributed by atoms with van der Waals surface area (Å²) in [4.78, 5) is 37.3. The Hall–Kier alpha value is -2.81. The van der Waals surface area contributed by atoms with Gasteiger partial charge < -0.3 is 19.7 Å². The first-order valence-corrected chi connectivity index (χ1v) is 9.91. The van der Waals surface area contributed by atoms with Crippen LogP contribution < -0.4 is 10.9 Å². The van der Waals surface area contributed by atoms with Crippen LogP contribution in [0.3, 0.4) is 0 Å². The van der Waals surface area contributed by atoms with Crippen molar-refractivity contribution in [3.8, 4) is 0 Å². The van der Waals surface area contributed by atoms with Gasteiger partial charge in [0.1, 0.15) is 11.4 Å². The number of aromatic carboxylic acids is 1. The molecule has 1 amide bonds. The molecule has 0 bridgehead atoms. The van der Waals surface area contributed by atoms with E-state index in [1.807, 2.05) is 0 Å². The van der Waals surface area contributed by atoms with Gasteiger partial charge in [-0.3, -0.25) is 4.79 Å². The number of fused-ring (bicyclic) bond motifs is 1. The van der Waals surface area contributed by atoms with Crippen molar-refractivity contribution in [2.24, 2.45) is 0 Å². The third-order valence-electron chi connectivity index (χ3n) is 4.20. The minimum Gasteiger partial charge on any atom is -0.478 e. The Labute approximate surface area is 170 Å². The number of thioether (sulfide) groups is 1. The molecule has 154 valence electrons. The van der Waals surface area contributed by atoms with Crippen LogP contribution in [0.2, 0.25) is 0 Å². The molecule has 2 heterocycles. The lowest BCUT2D eigenvalue weighted by atomic mass is 10.1. The summed E-state index contributed by atoms with van der Waals surface area (Å²) in [6.07, 6.45) is 0.608. The molecule has 0 aliphatic carbocycles. The number of pyridine rings is 1. The van der Waals surface area contributed by atoms with Gasteiger partial charge in [-0.25, -0.2) is 14.0 Å². The summed E-state index contributed by atoms with van der Waals surface area (Å²) in [5.74, 6) is -1.25. The largest absolute Gasteiger partial charge is 0.478 e. The molecule has 3 rings (SSSR count). The van der Waals surface area contributed by atoms with Crippen LogP contribution in [0.5, 0.6) is 0 Å². The molecule has 0 saturated heterocycles. The molecule has 7 nitrogen and oxygen atoms in total. The predicted octanol–water partition coefficient (Wildman–Crippen LogP) is 3.41. The van der Waals surface area contributed by atoms with Gasteiger partial charge in [-0.05, 0) is 38.5 Å². The number of carbonyl (C=O) groups is 2. The summed E-state index contributed by atoms with van der Waals surface area (Å²) in [6.45, 7) is 5.25. The van der Waals surface area contributed by atoms with Gasteiger partial charge in [0, 0.05) is 16.8 Å². The molecule has 1 aliphatic heterocycles. The van der Waals surface area contributed by atoms with Crippen molar-refractivity contribution in [1.29, 1.82) is 0 Å². The van der Waals surface area contributed by atoms with Crippen LogP contribution in [-0.4, -0.2) is 33.1 Å². The molecule has 0 radical (unpaired) electrons. The topological polar surface area (TPSA) is 97.6 Å². The number of rotatable bonds is 4. The number of benzene rings is 1. The minimum absolute atomic E-state index is 0.0137. The van der Waals surface area contributed by atoms with Crippen LogP contribution in [0, 0.1) is 5.82 Å². The number of carbonyl (C=O) groups excluding carboxylic acids is 1. The van der Waals surface area contributed by atoms with Crippen LogP contribution in [0.4, 0.5) is 9.18 Å². The average molecular weight is 420 g/mol. The molecule has 0 unspecified atom stereocenters. The van der Waals surface area contributed by atoms with Gasteiger partial charge in [0.25, 0.3) is 5.56 Å². The van der Waals surface area contributed by atoms with Crippen molar-refractivity contribution < 1.29 is 23.8 Å². The van der Waals surface area contributed by atoms with Crippen molar-refractivity contribution in [1.82, 2.24) is 9.88 Å². The summed E-state index contributed by atoms with van der Waals surface area (Å²) in [6, 6.07) is 4.93. The van der Waals surface area contributed by atoms with Crippen molar-refractivity contribution in [3.05, 3.63) is 63.3 Å². The Morgan fingerprint density at radius 1 is 1.31 bits per heavy atom. The third kappa shape index (κ3) is 4.79. The van der Waals surface area contributed by atoms with E-state index in [9.17, 15) is 23.9 Å². The maximum Gasteiger partial charge on any atom is 0.408 e. The fourth-order valence-electron chi connectivity index (χ4n) is 3.00. The van der Waals surface area contributed by atoms with E-state index in [2.05, 4.69) is 5.32 Å². The van der Waals surface area contributed by atoms with E-state index < -0.39 is 35.1 Å². The number of carboxylic acids is 1. The van der Waals surface area contributed by atoms with Gasteiger partial charge in [-0.1, -0.05) is 12.1 Å². The summed E-state index contributed by atoms with van der Waals surface area (Å²) in [5, 5.41) is 12.3. The van der Waals surface area contributed by atoms with E-state index in [0.29, 0.717) is 16.2 Å². The standard InChI is InChI=1S/C20H21FN2O5S/c1-20(2,3)28-19(27)22-14-10-29-16-13(18(25)26)9-23(17(24)15(14)16)8-11-4-6-12(21)7-5-11/h4-7,9,14H,8,10H2,1-3H3,(H,22,27)(H,25,26)/t14-/m0/s1. The molecule has 0 fully saturated rings. The Balaban J connectivity index is 1.98. The number of nitrogens with one attached hydrogen (secondary N) is 1. The molecular formula is C20H21FN2O5S. The van der Waals surface area contributed by atoms with E-state index in [-0.39, 0.29) is 17.7 Å². The van der Waals surface area contributed by atoms with Crippen LogP contribution in [0.25, 0.3) is 0 Å². The Kier molecular flexibility index (Phi) is 5.70. The van der Waals surface area contributed by atoms with E-state index in [4.69, 9.17) is 4.74 Å². The summed E-state index contributed by atoms with van der Waals surface area (Å²) < 4.78 is 19.7. The number of ether oxygens (including phenoxy) is 1. The zero-order chi connectivity index (χ0) is 21.3. The first kappa shape index (κ1) is 20.9. The number of alkyl carbamates (subject to hydrolysis) is 1. The van der Waals surface area contributed by atoms with Gasteiger partial charge in [-0.15, -0.1) is 11.8 Å². The van der Waals surface area contributed by atoms with E-state index in [0.717, 1.165) is 0 Å². The second-order valence-corrected chi connectivity index (χ2v) is 8.69. The minimum atomic E-state index is -1.17. The van der Waals surface area contributed by atoms with Gasteiger partial charge in [0.2, 0.25) is 0 Å². The maximum atomic E-state index is 13.1. The molecule has 29 heavy (non-hydrogen) atoms. The highest BCUT2D eigenvalue weighted by atomic mass is 32.2. The number of amides is 1. The molecule has 0 spiro atoms. The number of halogens is 1. The second kappa shape index (κ2) is 7.90. The van der Waals surface area contributed by atoms with E-state index in [1.54, 1.807) is 20.8 Å². The summed E-state index contributed by atoms with van der Waals surface area (Å²) in [5.41, 5.74) is -0.250. The molecule has 1 aliphatic rings. The van der Waals surface area contributed by atoms with Gasteiger partial charge in [0.15, 0.2) is 0 Å². The quantitative estimate of drug-likeness (QED) is 0.787. The fourth-order valence-corrected chi connectivity index (χ4v) is 4.27. The van der Waals surface area contributed by atoms with E-state index >= 15 is 0 Å². The highest BCUT2D eigenvalue weighted by Crippen LogP contribution is 2.38. The fraction of sp³-hybridized carbons (Fsp3) is 0.350. The zero-order valence-electron chi connectivity index (χ0n) is 16.2. The lowest BCUT2D eigenvalue weighted by molar-refractivity contribution is 0.0508. The molecule has 9 heteroatoms. The van der Waals surface area contributed by atoms with Crippen molar-refractivity contribution >= 4 is 23.8 Å². The predicted molar refractivity (Wildman–Crippen MR) is 106 cm³/mol. The maximum absolute atomic E-state index is 13.1. The number of carboxylic acid groups (broad SMARTS) is 1. The lowest BCUT2D eigenvalue weighted by Crippen LogP contribution is -2.38. The van der Waals surface area contributed by atoms with Crippen LogP contribution >= 0.6 is 11.8 Å². The molecular weight excluding hydrogens is 399 g/mol. The SMILES string of the molecule is CC(C)(C)OC(=O)N[C@H]1CSc2c(C(=O)O)cn(Cc3ccc(F)cc3)c(=O)c21. The molecule has 2 N–H and O–H groups in total. The van der Waals surface area contributed by atoms with Crippen molar-refractivity contribution in [3.63, 3.8) is 0 Å². The number of hydrogen-bond donors (Lipinski definition) is 2. The summed E-state index contributed by atoms with van der Waals surface area (Å²) >= 11 is 1.21. The Morgan fingerprint density at radius 2 is 1.97 bits per heavy atom. The number of nitrogens with zero attached hydrogens (tertiary/aromatic N) is 1. The van der Waals surface area contributed by atoms with Crippen molar-refractivity contribution in [2.45, 2.75) is 43.9 Å². The van der Waals surface area contributed by atoms with Crippen LogP contribution in [0.15, 0.2) is 40.2 Å². The monoisotopic (exact) mass is 420 g/mol. The lowest BCUT2D eigenvalue weighted by Gasteiger charge is -2.22. The first-order chi connectivity index (χ1) is 13.5. The molecule has 0 saturated carbocycles. The van der Waals surface area contributed by atoms with Gasteiger partial charge in [0.05, 0.1) is 23.7 Å². The average Bonchev–Trinajstić information content (AvgIpc) is 3.01. The number of aromatic nitrogens is 1. The first-order valence-electron chi connectivity index (χ1n) is 8.92. The molecule has 1 aromatic heterocycles. The molecule has 1 aromatic carbocycles. The highest BCUT2D eigenvalue weighted by molar-refractivity contribution is 7.99. The number of hydrogen-bond acceptors (Lipinski definition) is 5.